The summed E-state index contributed by atoms with van der Waals surface area (Å²) in [6, 6.07) is 11.3. The minimum absolute atomic E-state index is 0.154. The van der Waals surface area contributed by atoms with E-state index in [1.165, 1.54) is 11.3 Å². The molecule has 0 bridgehead atoms. The molecule has 1 aromatic carbocycles. The number of aromatic nitrogens is 2. The molecule has 166 valence electrons. The zero-order valence-electron chi connectivity index (χ0n) is 17.8. The number of nitrogens with zero attached hydrogens (tertiary/aromatic N) is 3. The number of thiazole rings is 1. The summed E-state index contributed by atoms with van der Waals surface area (Å²) in [5, 5.41) is 5.34. The molecule has 1 fully saturated rings. The Bertz CT molecular complexity index is 1080. The van der Waals surface area contributed by atoms with Crippen molar-refractivity contribution in [1.29, 1.82) is 0 Å². The van der Waals surface area contributed by atoms with Gasteiger partial charge in [0.1, 0.15) is 22.3 Å². The van der Waals surface area contributed by atoms with Gasteiger partial charge in [0.25, 0.3) is 5.91 Å². The molecule has 2 aromatic heterocycles. The number of anilines is 2. The molecule has 2 amide bonds. The number of pyridine rings is 1. The number of hydrogen-bond donors (Lipinski definition) is 2. The highest BCUT2D eigenvalue weighted by atomic mass is 32.1. The second-order valence-electron chi connectivity index (χ2n) is 7.54. The van der Waals surface area contributed by atoms with E-state index in [2.05, 4.69) is 15.3 Å². The molecule has 1 saturated heterocycles. The van der Waals surface area contributed by atoms with E-state index >= 15 is 0 Å². The maximum absolute atomic E-state index is 12.6. The predicted octanol–water partition coefficient (Wildman–Crippen LogP) is 3.56. The number of carbonyl (C=O) groups excluding carboxylic acids is 2. The fourth-order valence-corrected chi connectivity index (χ4v) is 4.44. The summed E-state index contributed by atoms with van der Waals surface area (Å²) in [4.78, 5) is 35.1. The van der Waals surface area contributed by atoms with Crippen LogP contribution in [-0.4, -0.2) is 41.5 Å². The third kappa shape index (κ3) is 5.05. The Balaban J connectivity index is 1.38. The molecule has 8 nitrogen and oxygen atoms in total. The minimum atomic E-state index is -0.292. The van der Waals surface area contributed by atoms with Crippen molar-refractivity contribution in [3.8, 4) is 16.3 Å². The third-order valence-corrected chi connectivity index (χ3v) is 6.19. The molecule has 3 N–H and O–H groups in total. The van der Waals surface area contributed by atoms with Gasteiger partial charge in [0, 0.05) is 24.0 Å². The summed E-state index contributed by atoms with van der Waals surface area (Å²) in [7, 11) is 0. The first-order valence-electron chi connectivity index (χ1n) is 10.5. The number of ether oxygens (including phenoxy) is 1. The number of benzene rings is 1. The molecule has 0 radical (unpaired) electrons. The standard InChI is InChI=1S/C23H25N5O3S/c1-2-31-18-8-5-15(6-9-18)23-27-19(14-32-23)22(30)26-17-7-10-20(25-12-17)28-11-3-4-16(13-28)21(24)29/h5-10,12,14,16H,2-4,11,13H2,1H3,(H2,24,29)(H,26,30). The summed E-state index contributed by atoms with van der Waals surface area (Å²) in [5.41, 5.74) is 7.32. The molecule has 0 spiro atoms. The van der Waals surface area contributed by atoms with Crippen LogP contribution in [0, 0.1) is 5.92 Å². The average molecular weight is 452 g/mol. The Labute approximate surface area is 190 Å². The first-order chi connectivity index (χ1) is 15.5. The zero-order valence-corrected chi connectivity index (χ0v) is 18.6. The molecule has 0 aliphatic carbocycles. The average Bonchev–Trinajstić information content (AvgIpc) is 3.31. The van der Waals surface area contributed by atoms with E-state index in [-0.39, 0.29) is 17.7 Å². The molecule has 9 heteroatoms. The highest BCUT2D eigenvalue weighted by Crippen LogP contribution is 2.27. The van der Waals surface area contributed by atoms with E-state index in [9.17, 15) is 9.59 Å². The first-order valence-corrected chi connectivity index (χ1v) is 11.4. The molecule has 3 heterocycles. The van der Waals surface area contributed by atoms with Gasteiger partial charge < -0.3 is 20.7 Å². The van der Waals surface area contributed by atoms with E-state index in [4.69, 9.17) is 10.5 Å². The zero-order chi connectivity index (χ0) is 22.5. The van der Waals surface area contributed by atoms with Gasteiger partial charge in [-0.25, -0.2) is 9.97 Å². The number of piperidine rings is 1. The van der Waals surface area contributed by atoms with Crippen LogP contribution >= 0.6 is 11.3 Å². The van der Waals surface area contributed by atoms with Crippen LogP contribution in [0.1, 0.15) is 30.3 Å². The molecule has 4 rings (SSSR count). The van der Waals surface area contributed by atoms with Gasteiger partial charge in [-0.3, -0.25) is 9.59 Å². The van der Waals surface area contributed by atoms with Gasteiger partial charge in [-0.2, -0.15) is 0 Å². The largest absolute Gasteiger partial charge is 0.494 e. The number of primary amides is 1. The van der Waals surface area contributed by atoms with Gasteiger partial charge >= 0.3 is 0 Å². The van der Waals surface area contributed by atoms with Crippen LogP contribution in [0.4, 0.5) is 11.5 Å². The lowest BCUT2D eigenvalue weighted by Gasteiger charge is -2.32. The number of nitrogens with one attached hydrogen (secondary N) is 1. The quantitative estimate of drug-likeness (QED) is 0.568. The maximum atomic E-state index is 12.6. The molecule has 1 aliphatic rings. The molecule has 0 saturated carbocycles. The Morgan fingerprint density at radius 1 is 1.25 bits per heavy atom. The van der Waals surface area contributed by atoms with Crippen LogP contribution in [0.3, 0.4) is 0 Å². The monoisotopic (exact) mass is 451 g/mol. The first kappa shape index (κ1) is 21.8. The minimum Gasteiger partial charge on any atom is -0.494 e. The predicted molar refractivity (Wildman–Crippen MR) is 125 cm³/mol. The summed E-state index contributed by atoms with van der Waals surface area (Å²) < 4.78 is 5.46. The van der Waals surface area contributed by atoms with Crippen molar-refractivity contribution in [2.24, 2.45) is 11.7 Å². The number of amides is 2. The number of hydrogen-bond acceptors (Lipinski definition) is 7. The Kier molecular flexibility index (Phi) is 6.65. The Morgan fingerprint density at radius 2 is 2.06 bits per heavy atom. The number of rotatable bonds is 7. The van der Waals surface area contributed by atoms with E-state index in [1.54, 1.807) is 17.6 Å². The lowest BCUT2D eigenvalue weighted by Crippen LogP contribution is -2.41. The van der Waals surface area contributed by atoms with E-state index in [0.29, 0.717) is 24.5 Å². The lowest BCUT2D eigenvalue weighted by atomic mass is 9.97. The summed E-state index contributed by atoms with van der Waals surface area (Å²) >= 11 is 1.41. The number of carbonyl (C=O) groups is 2. The molecule has 3 aromatic rings. The fourth-order valence-electron chi connectivity index (χ4n) is 3.63. The van der Waals surface area contributed by atoms with Crippen molar-refractivity contribution >= 4 is 34.7 Å². The molecule has 32 heavy (non-hydrogen) atoms. The van der Waals surface area contributed by atoms with Crippen LogP contribution in [0.15, 0.2) is 48.0 Å². The maximum Gasteiger partial charge on any atom is 0.275 e. The SMILES string of the molecule is CCOc1ccc(-c2nc(C(=O)Nc3ccc(N4CCCC(C(N)=O)C4)nc3)cs2)cc1. The smallest absolute Gasteiger partial charge is 0.275 e. The molecule has 1 atom stereocenters. The lowest BCUT2D eigenvalue weighted by molar-refractivity contribution is -0.122. The summed E-state index contributed by atoms with van der Waals surface area (Å²) in [6.45, 7) is 3.95. The second kappa shape index (κ2) is 9.78. The summed E-state index contributed by atoms with van der Waals surface area (Å²) in [6.07, 6.45) is 3.32. The van der Waals surface area contributed by atoms with Gasteiger partial charge in [-0.05, 0) is 56.2 Å². The van der Waals surface area contributed by atoms with E-state index in [1.807, 2.05) is 42.2 Å². The normalized spacial score (nSPS) is 15.9. The Hall–Kier alpha value is -3.46. The highest BCUT2D eigenvalue weighted by molar-refractivity contribution is 7.13. The van der Waals surface area contributed by atoms with E-state index < -0.39 is 0 Å². The van der Waals surface area contributed by atoms with Gasteiger partial charge in [0.15, 0.2) is 0 Å². The van der Waals surface area contributed by atoms with Gasteiger partial charge in [-0.1, -0.05) is 0 Å². The molecular formula is C23H25N5O3S. The van der Waals surface area contributed by atoms with Gasteiger partial charge in [-0.15, -0.1) is 11.3 Å². The van der Waals surface area contributed by atoms with Crippen LogP contribution in [-0.2, 0) is 4.79 Å². The van der Waals surface area contributed by atoms with Crippen molar-refractivity contribution in [3.63, 3.8) is 0 Å². The molecule has 1 unspecified atom stereocenters. The van der Waals surface area contributed by atoms with Crippen molar-refractivity contribution in [3.05, 3.63) is 53.7 Å². The fraction of sp³-hybridized carbons (Fsp3) is 0.304. The van der Waals surface area contributed by atoms with Crippen molar-refractivity contribution in [2.45, 2.75) is 19.8 Å². The Morgan fingerprint density at radius 3 is 2.75 bits per heavy atom. The van der Waals surface area contributed by atoms with Crippen molar-refractivity contribution < 1.29 is 14.3 Å². The molecule has 1 aliphatic heterocycles. The van der Waals surface area contributed by atoms with Crippen LogP contribution in [0.25, 0.3) is 10.6 Å². The van der Waals surface area contributed by atoms with Crippen LogP contribution in [0.2, 0.25) is 0 Å². The number of nitrogens with two attached hydrogens (primary N) is 1. The second-order valence-corrected chi connectivity index (χ2v) is 8.40. The van der Waals surface area contributed by atoms with Crippen molar-refractivity contribution in [1.82, 2.24) is 9.97 Å². The summed E-state index contributed by atoms with van der Waals surface area (Å²) in [5.74, 6) is 0.849. The topological polar surface area (TPSA) is 110 Å². The molecular weight excluding hydrogens is 426 g/mol. The van der Waals surface area contributed by atoms with Gasteiger partial charge in [0.2, 0.25) is 5.91 Å². The van der Waals surface area contributed by atoms with E-state index in [0.717, 1.165) is 41.5 Å². The van der Waals surface area contributed by atoms with Crippen LogP contribution in [0.5, 0.6) is 5.75 Å². The van der Waals surface area contributed by atoms with Crippen LogP contribution < -0.4 is 20.7 Å². The van der Waals surface area contributed by atoms with Gasteiger partial charge in [0.05, 0.1) is 24.4 Å². The van der Waals surface area contributed by atoms with Crippen molar-refractivity contribution in [2.75, 3.05) is 29.9 Å². The highest BCUT2D eigenvalue weighted by Gasteiger charge is 2.24. The third-order valence-electron chi connectivity index (χ3n) is 5.30.